The molecule has 1 spiro atoms. The first-order valence-corrected chi connectivity index (χ1v) is 11.1. The van der Waals surface area contributed by atoms with Crippen LogP contribution in [0.4, 0.5) is 0 Å². The first-order chi connectivity index (χ1) is 12.7. The van der Waals surface area contributed by atoms with E-state index in [1.165, 1.54) is 0 Å². The van der Waals surface area contributed by atoms with Crippen molar-refractivity contribution in [3.63, 3.8) is 0 Å². The number of carbonyl (C=O) groups excluding carboxylic acids is 1. The number of hydrogen-bond donors (Lipinski definition) is 1. The van der Waals surface area contributed by atoms with E-state index in [1.807, 2.05) is 29.5 Å². The molecule has 0 saturated carbocycles. The van der Waals surface area contributed by atoms with Gasteiger partial charge in [-0.1, -0.05) is 6.07 Å². The molecule has 1 amide bonds. The van der Waals surface area contributed by atoms with Crippen LogP contribution in [0.5, 0.6) is 0 Å². The molecule has 2 aliphatic heterocycles. The first-order valence-electron chi connectivity index (χ1n) is 9.67. The zero-order valence-electron chi connectivity index (χ0n) is 15.8. The second-order valence-corrected chi connectivity index (χ2v) is 8.66. The second kappa shape index (κ2) is 9.20. The fourth-order valence-corrected chi connectivity index (χ4v) is 4.85. The molecule has 1 N–H and O–H groups in total. The van der Waals surface area contributed by atoms with E-state index in [1.54, 1.807) is 11.8 Å². The van der Waals surface area contributed by atoms with Crippen molar-refractivity contribution >= 4 is 17.7 Å². The standard InChI is InChI=1S/C20H31N3O2S/c1-26-13-5-19(25)23-12-8-20(17(14-23)16-24)6-10-22(11-7-20)15-18-4-2-3-9-21-18/h2-4,9,17,24H,5-8,10-16H2,1H3. The molecule has 3 heterocycles. The maximum atomic E-state index is 12.4. The van der Waals surface area contributed by atoms with Gasteiger partial charge in [-0.15, -0.1) is 0 Å². The second-order valence-electron chi connectivity index (χ2n) is 7.67. The Morgan fingerprint density at radius 3 is 2.73 bits per heavy atom. The topological polar surface area (TPSA) is 56.7 Å². The predicted octanol–water partition coefficient (Wildman–Crippen LogP) is 2.26. The fraction of sp³-hybridized carbons (Fsp3) is 0.700. The molecule has 5 nitrogen and oxygen atoms in total. The van der Waals surface area contributed by atoms with Crippen LogP contribution in [0.15, 0.2) is 24.4 Å². The van der Waals surface area contributed by atoms with Gasteiger partial charge in [-0.05, 0) is 56.2 Å². The average molecular weight is 378 g/mol. The number of aliphatic hydroxyl groups is 1. The molecule has 26 heavy (non-hydrogen) atoms. The number of amides is 1. The molecule has 3 rings (SSSR count). The van der Waals surface area contributed by atoms with Crippen molar-refractivity contribution in [1.82, 2.24) is 14.8 Å². The van der Waals surface area contributed by atoms with Crippen LogP contribution < -0.4 is 0 Å². The Morgan fingerprint density at radius 2 is 2.08 bits per heavy atom. The molecule has 1 unspecified atom stereocenters. The lowest BCUT2D eigenvalue weighted by Gasteiger charge is -2.51. The van der Waals surface area contributed by atoms with Crippen LogP contribution in [0.25, 0.3) is 0 Å². The third-order valence-corrected chi connectivity index (χ3v) is 6.86. The van der Waals surface area contributed by atoms with Gasteiger partial charge in [-0.3, -0.25) is 14.7 Å². The predicted molar refractivity (Wildman–Crippen MR) is 106 cm³/mol. The molecule has 1 aromatic rings. The molecule has 0 radical (unpaired) electrons. The quantitative estimate of drug-likeness (QED) is 0.824. The number of piperidine rings is 2. The normalized spacial score (nSPS) is 23.3. The smallest absolute Gasteiger partial charge is 0.223 e. The van der Waals surface area contributed by atoms with Gasteiger partial charge in [0.1, 0.15) is 0 Å². The van der Waals surface area contributed by atoms with Gasteiger partial charge in [0, 0.05) is 50.5 Å². The molecule has 2 aliphatic rings. The lowest BCUT2D eigenvalue weighted by molar-refractivity contribution is -0.137. The molecule has 0 bridgehead atoms. The number of carbonyl (C=O) groups is 1. The third-order valence-electron chi connectivity index (χ3n) is 6.24. The number of thioether (sulfide) groups is 1. The average Bonchev–Trinajstić information content (AvgIpc) is 2.69. The van der Waals surface area contributed by atoms with E-state index >= 15 is 0 Å². The molecule has 2 fully saturated rings. The monoisotopic (exact) mass is 377 g/mol. The number of rotatable bonds is 6. The highest BCUT2D eigenvalue weighted by molar-refractivity contribution is 7.98. The maximum Gasteiger partial charge on any atom is 0.223 e. The summed E-state index contributed by atoms with van der Waals surface area (Å²) in [5.41, 5.74) is 1.32. The van der Waals surface area contributed by atoms with E-state index in [4.69, 9.17) is 0 Å². The summed E-state index contributed by atoms with van der Waals surface area (Å²) in [4.78, 5) is 21.3. The van der Waals surface area contributed by atoms with E-state index in [0.29, 0.717) is 6.42 Å². The lowest BCUT2D eigenvalue weighted by atomic mass is 9.64. The minimum Gasteiger partial charge on any atom is -0.396 e. The summed E-state index contributed by atoms with van der Waals surface area (Å²) in [5, 5.41) is 10.0. The number of aliphatic hydroxyl groups excluding tert-OH is 1. The van der Waals surface area contributed by atoms with Crippen molar-refractivity contribution < 1.29 is 9.90 Å². The summed E-state index contributed by atoms with van der Waals surface area (Å²) in [6, 6.07) is 6.08. The Bertz CT molecular complexity index is 576. The highest BCUT2D eigenvalue weighted by Gasteiger charge is 2.45. The van der Waals surface area contributed by atoms with E-state index in [2.05, 4.69) is 16.0 Å². The zero-order chi connectivity index (χ0) is 18.4. The SMILES string of the molecule is CSCCC(=O)N1CCC2(CCN(Cc3ccccn3)CC2)C(CO)C1. The van der Waals surface area contributed by atoms with Gasteiger partial charge >= 0.3 is 0 Å². The Balaban J connectivity index is 1.55. The molecule has 6 heteroatoms. The highest BCUT2D eigenvalue weighted by Crippen LogP contribution is 2.45. The Morgan fingerprint density at radius 1 is 1.31 bits per heavy atom. The zero-order valence-corrected chi connectivity index (χ0v) is 16.6. The number of likely N-dealkylation sites (tertiary alicyclic amines) is 2. The van der Waals surface area contributed by atoms with Crippen molar-refractivity contribution in [2.45, 2.75) is 32.2 Å². The number of hydrogen-bond acceptors (Lipinski definition) is 5. The van der Waals surface area contributed by atoms with Crippen LogP contribution in [-0.2, 0) is 11.3 Å². The molecular weight excluding hydrogens is 346 g/mol. The van der Waals surface area contributed by atoms with Gasteiger partial charge in [0.15, 0.2) is 0 Å². The van der Waals surface area contributed by atoms with Crippen molar-refractivity contribution in [3.05, 3.63) is 30.1 Å². The van der Waals surface area contributed by atoms with E-state index in [9.17, 15) is 9.90 Å². The van der Waals surface area contributed by atoms with Crippen molar-refractivity contribution in [1.29, 1.82) is 0 Å². The van der Waals surface area contributed by atoms with E-state index in [0.717, 1.165) is 63.4 Å². The molecule has 144 valence electrons. The van der Waals surface area contributed by atoms with Gasteiger partial charge < -0.3 is 10.0 Å². The van der Waals surface area contributed by atoms with Crippen molar-refractivity contribution in [3.8, 4) is 0 Å². The molecule has 1 atom stereocenters. The van der Waals surface area contributed by atoms with Gasteiger partial charge in [-0.2, -0.15) is 11.8 Å². The van der Waals surface area contributed by atoms with E-state index in [-0.39, 0.29) is 23.8 Å². The summed E-state index contributed by atoms with van der Waals surface area (Å²) in [6.45, 7) is 4.77. The summed E-state index contributed by atoms with van der Waals surface area (Å²) in [5.74, 6) is 1.35. The molecule has 2 saturated heterocycles. The Kier molecular flexibility index (Phi) is 6.95. The minimum atomic E-state index is 0.187. The number of nitrogens with zero attached hydrogens (tertiary/aromatic N) is 3. The highest BCUT2D eigenvalue weighted by atomic mass is 32.2. The van der Waals surface area contributed by atoms with Crippen LogP contribution in [0.1, 0.15) is 31.4 Å². The summed E-state index contributed by atoms with van der Waals surface area (Å²) in [7, 11) is 0. The third kappa shape index (κ3) is 4.59. The largest absolute Gasteiger partial charge is 0.396 e. The van der Waals surface area contributed by atoms with Crippen LogP contribution in [0, 0.1) is 11.3 Å². The van der Waals surface area contributed by atoms with Crippen LogP contribution in [0.3, 0.4) is 0 Å². The van der Waals surface area contributed by atoms with Gasteiger partial charge in [-0.25, -0.2) is 0 Å². The van der Waals surface area contributed by atoms with Gasteiger partial charge in [0.2, 0.25) is 5.91 Å². The summed E-state index contributed by atoms with van der Waals surface area (Å²) in [6.07, 6.45) is 7.75. The summed E-state index contributed by atoms with van der Waals surface area (Å²) >= 11 is 1.72. The van der Waals surface area contributed by atoms with Crippen LogP contribution in [-0.4, -0.2) is 70.6 Å². The fourth-order valence-electron chi connectivity index (χ4n) is 4.47. The Hall–Kier alpha value is -1.11. The van der Waals surface area contributed by atoms with Crippen LogP contribution in [0.2, 0.25) is 0 Å². The molecular formula is C20H31N3O2S. The Labute approximate surface area is 161 Å². The molecule has 1 aromatic heterocycles. The van der Waals surface area contributed by atoms with Crippen LogP contribution >= 0.6 is 11.8 Å². The number of pyridine rings is 1. The maximum absolute atomic E-state index is 12.4. The van der Waals surface area contributed by atoms with Crippen molar-refractivity contribution in [2.75, 3.05) is 44.8 Å². The molecule has 0 aliphatic carbocycles. The summed E-state index contributed by atoms with van der Waals surface area (Å²) < 4.78 is 0. The first kappa shape index (κ1) is 19.6. The molecule has 0 aromatic carbocycles. The van der Waals surface area contributed by atoms with Crippen molar-refractivity contribution in [2.24, 2.45) is 11.3 Å². The van der Waals surface area contributed by atoms with Gasteiger partial charge in [0.05, 0.1) is 5.69 Å². The lowest BCUT2D eigenvalue weighted by Crippen LogP contribution is -2.54. The number of aromatic nitrogens is 1. The van der Waals surface area contributed by atoms with E-state index < -0.39 is 0 Å². The minimum absolute atomic E-state index is 0.187. The van der Waals surface area contributed by atoms with Gasteiger partial charge in [0.25, 0.3) is 0 Å².